The summed E-state index contributed by atoms with van der Waals surface area (Å²) in [7, 11) is 1.94. The molecule has 106 valence electrons. The number of Topliss-reactive ketones (excluding diaryl/α,β-unsaturated/α-hetero) is 1. The predicted molar refractivity (Wildman–Crippen MR) is 76.9 cm³/mol. The van der Waals surface area contributed by atoms with E-state index in [4.69, 9.17) is 0 Å². The highest BCUT2D eigenvalue weighted by Gasteiger charge is 2.40. The summed E-state index contributed by atoms with van der Waals surface area (Å²) in [6.07, 6.45) is 9.04. The van der Waals surface area contributed by atoms with Crippen LogP contribution in [0.4, 0.5) is 0 Å². The highest BCUT2D eigenvalue weighted by molar-refractivity contribution is 5.85. The van der Waals surface area contributed by atoms with Crippen molar-refractivity contribution >= 4 is 5.78 Å². The number of rotatable bonds is 6. The van der Waals surface area contributed by atoms with Crippen molar-refractivity contribution in [1.82, 2.24) is 9.78 Å². The summed E-state index contributed by atoms with van der Waals surface area (Å²) in [6.45, 7) is 4.46. The molecule has 0 unspecified atom stereocenters. The van der Waals surface area contributed by atoms with Gasteiger partial charge in [-0.3, -0.25) is 9.48 Å². The van der Waals surface area contributed by atoms with Crippen LogP contribution in [0.5, 0.6) is 0 Å². The van der Waals surface area contributed by atoms with Crippen molar-refractivity contribution in [2.24, 2.45) is 18.4 Å². The second-order valence-corrected chi connectivity index (χ2v) is 6.45. The molecule has 0 saturated heterocycles. The Bertz CT molecular complexity index is 428. The molecule has 1 aliphatic carbocycles. The maximum atomic E-state index is 12.7. The molecule has 0 aromatic carbocycles. The standard InChI is InChI=1S/C16H26N2O/c1-13(2)12-16(9-4-5-10-16)15(19)7-6-14-8-11-17-18(14)3/h8,11,13H,4-7,9-10,12H2,1-3H3. The molecule has 1 saturated carbocycles. The molecule has 1 aromatic rings. The van der Waals surface area contributed by atoms with Crippen LogP contribution in [0.25, 0.3) is 0 Å². The Kier molecular flexibility index (Phi) is 4.43. The lowest BCUT2D eigenvalue weighted by Crippen LogP contribution is -2.30. The summed E-state index contributed by atoms with van der Waals surface area (Å²) in [5, 5.41) is 4.16. The Morgan fingerprint density at radius 1 is 1.42 bits per heavy atom. The minimum absolute atomic E-state index is 0.00718. The topological polar surface area (TPSA) is 34.9 Å². The molecule has 3 nitrogen and oxygen atoms in total. The van der Waals surface area contributed by atoms with Gasteiger partial charge in [0.15, 0.2) is 0 Å². The normalized spacial score (nSPS) is 18.1. The van der Waals surface area contributed by atoms with Crippen molar-refractivity contribution < 1.29 is 4.79 Å². The Morgan fingerprint density at radius 2 is 2.11 bits per heavy atom. The minimum atomic E-state index is -0.00718. The highest BCUT2D eigenvalue weighted by atomic mass is 16.1. The van der Waals surface area contributed by atoms with Crippen molar-refractivity contribution in [2.45, 2.75) is 58.8 Å². The quantitative estimate of drug-likeness (QED) is 0.786. The van der Waals surface area contributed by atoms with E-state index in [0.29, 0.717) is 18.1 Å². The summed E-state index contributed by atoms with van der Waals surface area (Å²) < 4.78 is 1.87. The van der Waals surface area contributed by atoms with E-state index in [1.54, 1.807) is 6.20 Å². The van der Waals surface area contributed by atoms with Gasteiger partial charge < -0.3 is 0 Å². The fourth-order valence-corrected chi connectivity index (χ4v) is 3.58. The number of carbonyl (C=O) groups is 1. The van der Waals surface area contributed by atoms with Gasteiger partial charge in [0, 0.05) is 30.8 Å². The molecular formula is C16H26N2O. The van der Waals surface area contributed by atoms with Crippen molar-refractivity contribution in [3.63, 3.8) is 0 Å². The van der Waals surface area contributed by atoms with Crippen LogP contribution in [0.3, 0.4) is 0 Å². The molecule has 0 N–H and O–H groups in total. The van der Waals surface area contributed by atoms with Crippen LogP contribution in [-0.4, -0.2) is 15.6 Å². The summed E-state index contributed by atoms with van der Waals surface area (Å²) in [5.74, 6) is 1.10. The van der Waals surface area contributed by atoms with Gasteiger partial charge in [0.2, 0.25) is 0 Å². The van der Waals surface area contributed by atoms with Gasteiger partial charge in [-0.2, -0.15) is 5.10 Å². The van der Waals surface area contributed by atoms with Gasteiger partial charge in [-0.05, 0) is 37.7 Å². The SMILES string of the molecule is CC(C)CC1(C(=O)CCc2ccnn2C)CCCC1. The number of aromatic nitrogens is 2. The molecular weight excluding hydrogens is 236 g/mol. The molecule has 19 heavy (non-hydrogen) atoms. The summed E-state index contributed by atoms with van der Waals surface area (Å²) in [4.78, 5) is 12.7. The number of carbonyl (C=O) groups excluding carboxylic acids is 1. The lowest BCUT2D eigenvalue weighted by atomic mass is 9.74. The average molecular weight is 262 g/mol. The van der Waals surface area contributed by atoms with Gasteiger partial charge in [-0.15, -0.1) is 0 Å². The molecule has 0 atom stereocenters. The van der Waals surface area contributed by atoms with Crippen LogP contribution in [0.1, 0.15) is 58.1 Å². The second-order valence-electron chi connectivity index (χ2n) is 6.45. The van der Waals surface area contributed by atoms with Crippen molar-refractivity contribution in [3.8, 4) is 0 Å². The minimum Gasteiger partial charge on any atom is -0.299 e. The average Bonchev–Trinajstić information content (AvgIpc) is 2.96. The van der Waals surface area contributed by atoms with Crippen molar-refractivity contribution in [2.75, 3.05) is 0 Å². The van der Waals surface area contributed by atoms with E-state index in [2.05, 4.69) is 18.9 Å². The first kappa shape index (κ1) is 14.3. The number of ketones is 1. The number of hydrogen-bond acceptors (Lipinski definition) is 2. The lowest BCUT2D eigenvalue weighted by molar-refractivity contribution is -0.129. The molecule has 1 aromatic heterocycles. The summed E-state index contributed by atoms with van der Waals surface area (Å²) >= 11 is 0. The fourth-order valence-electron chi connectivity index (χ4n) is 3.58. The molecule has 1 fully saturated rings. The molecule has 0 amide bonds. The first-order valence-corrected chi connectivity index (χ1v) is 7.54. The van der Waals surface area contributed by atoms with Gasteiger partial charge in [0.1, 0.15) is 5.78 Å². The van der Waals surface area contributed by atoms with Crippen LogP contribution < -0.4 is 0 Å². The third kappa shape index (κ3) is 3.26. The zero-order chi connectivity index (χ0) is 13.9. The monoisotopic (exact) mass is 262 g/mol. The van der Waals surface area contributed by atoms with Crippen LogP contribution in [0.2, 0.25) is 0 Å². The second kappa shape index (κ2) is 5.89. The molecule has 0 aliphatic heterocycles. The summed E-state index contributed by atoms with van der Waals surface area (Å²) in [5.41, 5.74) is 1.15. The predicted octanol–water partition coefficient (Wildman–Crippen LogP) is 3.53. The third-order valence-electron chi connectivity index (χ3n) is 4.48. The highest BCUT2D eigenvalue weighted by Crippen LogP contribution is 2.44. The lowest BCUT2D eigenvalue weighted by Gasteiger charge is -2.29. The molecule has 0 spiro atoms. The van der Waals surface area contributed by atoms with Gasteiger partial charge in [-0.1, -0.05) is 26.7 Å². The van der Waals surface area contributed by atoms with Gasteiger partial charge >= 0.3 is 0 Å². The number of hydrogen-bond donors (Lipinski definition) is 0. The molecule has 3 heteroatoms. The van der Waals surface area contributed by atoms with Gasteiger partial charge in [-0.25, -0.2) is 0 Å². The van der Waals surface area contributed by atoms with Crippen LogP contribution in [0.15, 0.2) is 12.3 Å². The number of nitrogens with zero attached hydrogens (tertiary/aromatic N) is 2. The smallest absolute Gasteiger partial charge is 0.139 e. The molecule has 1 aliphatic rings. The van der Waals surface area contributed by atoms with Crippen molar-refractivity contribution in [3.05, 3.63) is 18.0 Å². The first-order valence-electron chi connectivity index (χ1n) is 7.54. The Morgan fingerprint density at radius 3 is 2.63 bits per heavy atom. The van der Waals surface area contributed by atoms with Crippen LogP contribution in [-0.2, 0) is 18.3 Å². The van der Waals surface area contributed by atoms with Gasteiger partial charge in [0.05, 0.1) is 0 Å². The van der Waals surface area contributed by atoms with Crippen LogP contribution in [0, 0.1) is 11.3 Å². The van der Waals surface area contributed by atoms with E-state index in [1.165, 1.54) is 12.8 Å². The maximum absolute atomic E-state index is 12.7. The summed E-state index contributed by atoms with van der Waals surface area (Å²) in [6, 6.07) is 2.01. The van der Waals surface area contributed by atoms with Gasteiger partial charge in [0.25, 0.3) is 0 Å². The third-order valence-corrected chi connectivity index (χ3v) is 4.48. The van der Waals surface area contributed by atoms with E-state index < -0.39 is 0 Å². The van der Waals surface area contributed by atoms with E-state index in [0.717, 1.165) is 31.4 Å². The first-order chi connectivity index (χ1) is 9.03. The van der Waals surface area contributed by atoms with E-state index >= 15 is 0 Å². The zero-order valence-corrected chi connectivity index (χ0v) is 12.5. The van der Waals surface area contributed by atoms with Crippen molar-refractivity contribution in [1.29, 1.82) is 0 Å². The van der Waals surface area contributed by atoms with E-state index in [9.17, 15) is 4.79 Å². The Balaban J connectivity index is 1.98. The Labute approximate surface area is 116 Å². The zero-order valence-electron chi connectivity index (χ0n) is 12.5. The molecule has 0 radical (unpaired) electrons. The van der Waals surface area contributed by atoms with E-state index in [-0.39, 0.29) is 5.41 Å². The number of aryl methyl sites for hydroxylation is 2. The molecule has 2 rings (SSSR count). The van der Waals surface area contributed by atoms with Crippen LogP contribution >= 0.6 is 0 Å². The molecule has 0 bridgehead atoms. The largest absolute Gasteiger partial charge is 0.299 e. The van der Waals surface area contributed by atoms with E-state index in [1.807, 2.05) is 17.8 Å². The fraction of sp³-hybridized carbons (Fsp3) is 0.750. The maximum Gasteiger partial charge on any atom is 0.139 e. The Hall–Kier alpha value is -1.12. The molecule has 1 heterocycles.